The molecule has 0 radical (unpaired) electrons. The van der Waals surface area contributed by atoms with Crippen molar-refractivity contribution in [2.45, 2.75) is 27.3 Å². The van der Waals surface area contributed by atoms with Crippen molar-refractivity contribution in [2.24, 2.45) is 0 Å². The van der Waals surface area contributed by atoms with Gasteiger partial charge in [-0.1, -0.05) is 0 Å². The van der Waals surface area contributed by atoms with Crippen molar-refractivity contribution in [3.05, 3.63) is 17.7 Å². The number of hydrogen-bond donors (Lipinski definition) is 0. The molecule has 0 aliphatic carbocycles. The van der Waals surface area contributed by atoms with Gasteiger partial charge in [-0.25, -0.2) is 4.98 Å². The van der Waals surface area contributed by atoms with Gasteiger partial charge in [-0.15, -0.1) is 12.4 Å². The lowest BCUT2D eigenvalue weighted by atomic mass is 10.5. The molecule has 80 valence electrons. The molecule has 0 unspecified atom stereocenters. The van der Waals surface area contributed by atoms with E-state index in [1.54, 1.807) is 13.1 Å². The Hall–Kier alpha value is -1.03. The van der Waals surface area contributed by atoms with Gasteiger partial charge in [0.05, 0.1) is 6.61 Å². The lowest BCUT2D eigenvalue weighted by Crippen LogP contribution is -2.15. The van der Waals surface area contributed by atoms with E-state index in [-0.39, 0.29) is 24.9 Å². The molecule has 0 spiro atoms. The fraction of sp³-hybridized carbons (Fsp3) is 0.556. The number of carbonyl (C=O) groups excluding carboxylic acids is 1. The molecule has 1 aromatic rings. The fourth-order valence-corrected chi connectivity index (χ4v) is 1.16. The Morgan fingerprint density at radius 3 is 2.64 bits per heavy atom. The summed E-state index contributed by atoms with van der Waals surface area (Å²) in [6.07, 6.45) is 1.74. The Kier molecular flexibility index (Phi) is 5.23. The molecule has 0 saturated carbocycles. The SMILES string of the molecule is CCOC(=O)Cn1c(C)cnc1C.Cl. The lowest BCUT2D eigenvalue weighted by molar-refractivity contribution is -0.143. The smallest absolute Gasteiger partial charge is 0.325 e. The summed E-state index contributed by atoms with van der Waals surface area (Å²) in [4.78, 5) is 15.2. The number of aryl methyl sites for hydroxylation is 2. The maximum atomic E-state index is 11.1. The summed E-state index contributed by atoms with van der Waals surface area (Å²) in [6.45, 7) is 6.26. The highest BCUT2D eigenvalue weighted by molar-refractivity contribution is 5.85. The fourth-order valence-electron chi connectivity index (χ4n) is 1.16. The van der Waals surface area contributed by atoms with Crippen LogP contribution in [0.1, 0.15) is 18.4 Å². The van der Waals surface area contributed by atoms with Gasteiger partial charge in [-0.3, -0.25) is 4.79 Å². The van der Waals surface area contributed by atoms with Gasteiger partial charge in [-0.05, 0) is 20.8 Å². The van der Waals surface area contributed by atoms with Gasteiger partial charge in [0.1, 0.15) is 12.4 Å². The first-order valence-corrected chi connectivity index (χ1v) is 4.29. The molecule has 0 atom stereocenters. The predicted octanol–water partition coefficient (Wildman–Crippen LogP) is 1.48. The van der Waals surface area contributed by atoms with Gasteiger partial charge in [-0.2, -0.15) is 0 Å². The van der Waals surface area contributed by atoms with Crippen LogP contribution in [0.3, 0.4) is 0 Å². The zero-order valence-electron chi connectivity index (χ0n) is 8.61. The first kappa shape index (κ1) is 13.0. The van der Waals surface area contributed by atoms with E-state index in [1.165, 1.54) is 0 Å². The van der Waals surface area contributed by atoms with Crippen molar-refractivity contribution in [1.29, 1.82) is 0 Å². The van der Waals surface area contributed by atoms with E-state index >= 15 is 0 Å². The molecule has 14 heavy (non-hydrogen) atoms. The Bertz CT molecular complexity index is 290. The van der Waals surface area contributed by atoms with E-state index in [0.717, 1.165) is 11.5 Å². The molecular formula is C9H15ClN2O2. The zero-order chi connectivity index (χ0) is 9.84. The van der Waals surface area contributed by atoms with Crippen LogP contribution in [0.2, 0.25) is 0 Å². The molecule has 0 amide bonds. The minimum absolute atomic E-state index is 0. The third-order valence-electron chi connectivity index (χ3n) is 1.85. The zero-order valence-corrected chi connectivity index (χ0v) is 9.43. The Balaban J connectivity index is 0.00000169. The molecule has 5 heteroatoms. The van der Waals surface area contributed by atoms with Crippen molar-refractivity contribution >= 4 is 18.4 Å². The quantitative estimate of drug-likeness (QED) is 0.722. The molecule has 1 aromatic heterocycles. The monoisotopic (exact) mass is 218 g/mol. The first-order chi connectivity index (χ1) is 6.15. The van der Waals surface area contributed by atoms with Gasteiger partial charge in [0.25, 0.3) is 0 Å². The molecule has 1 heterocycles. The highest BCUT2D eigenvalue weighted by atomic mass is 35.5. The summed E-state index contributed by atoms with van der Waals surface area (Å²) in [5.41, 5.74) is 0.977. The summed E-state index contributed by atoms with van der Waals surface area (Å²) in [5, 5.41) is 0. The van der Waals surface area contributed by atoms with Crippen LogP contribution in [0.15, 0.2) is 6.20 Å². The van der Waals surface area contributed by atoms with Crippen LogP contribution >= 0.6 is 12.4 Å². The number of ether oxygens (including phenoxy) is 1. The normalized spacial score (nSPS) is 9.36. The standard InChI is InChI=1S/C9H14N2O2.ClH/c1-4-13-9(12)6-11-7(2)5-10-8(11)3;/h5H,4,6H2,1-3H3;1H. The molecule has 0 fully saturated rings. The van der Waals surface area contributed by atoms with Crippen LogP contribution in [0.4, 0.5) is 0 Å². The van der Waals surface area contributed by atoms with Crippen LogP contribution in [-0.2, 0) is 16.1 Å². The number of esters is 1. The Labute approximate surface area is 89.7 Å². The van der Waals surface area contributed by atoms with E-state index in [4.69, 9.17) is 4.74 Å². The van der Waals surface area contributed by atoms with Gasteiger partial charge >= 0.3 is 5.97 Å². The van der Waals surface area contributed by atoms with E-state index in [2.05, 4.69) is 4.98 Å². The Morgan fingerprint density at radius 1 is 1.57 bits per heavy atom. The van der Waals surface area contributed by atoms with Crippen LogP contribution in [-0.4, -0.2) is 22.1 Å². The molecule has 0 bridgehead atoms. The van der Waals surface area contributed by atoms with Crippen LogP contribution in [0.25, 0.3) is 0 Å². The molecule has 0 aliphatic rings. The second-order valence-corrected chi connectivity index (χ2v) is 2.84. The second kappa shape index (κ2) is 5.65. The van der Waals surface area contributed by atoms with Gasteiger partial charge < -0.3 is 9.30 Å². The molecule has 0 aliphatic heterocycles. The van der Waals surface area contributed by atoms with E-state index < -0.39 is 0 Å². The van der Waals surface area contributed by atoms with Crippen LogP contribution in [0.5, 0.6) is 0 Å². The van der Waals surface area contributed by atoms with Crippen molar-refractivity contribution in [2.75, 3.05) is 6.61 Å². The summed E-state index contributed by atoms with van der Waals surface area (Å²) in [5.74, 6) is 0.622. The number of carbonyl (C=O) groups is 1. The van der Waals surface area contributed by atoms with Gasteiger partial charge in [0.15, 0.2) is 0 Å². The summed E-state index contributed by atoms with van der Waals surface area (Å²) < 4.78 is 6.67. The number of nitrogens with zero attached hydrogens (tertiary/aromatic N) is 2. The first-order valence-electron chi connectivity index (χ1n) is 4.29. The highest BCUT2D eigenvalue weighted by Crippen LogP contribution is 2.02. The topological polar surface area (TPSA) is 44.1 Å². The third kappa shape index (κ3) is 3.03. The Morgan fingerprint density at radius 2 is 2.21 bits per heavy atom. The second-order valence-electron chi connectivity index (χ2n) is 2.84. The van der Waals surface area contributed by atoms with Crippen molar-refractivity contribution in [3.63, 3.8) is 0 Å². The summed E-state index contributed by atoms with van der Waals surface area (Å²) in [6, 6.07) is 0. The predicted molar refractivity (Wildman–Crippen MR) is 55.6 cm³/mol. The lowest BCUT2D eigenvalue weighted by Gasteiger charge is -2.06. The van der Waals surface area contributed by atoms with Crippen LogP contribution in [0, 0.1) is 13.8 Å². The summed E-state index contributed by atoms with van der Waals surface area (Å²) >= 11 is 0. The molecular weight excluding hydrogens is 204 g/mol. The number of halogens is 1. The number of imidazole rings is 1. The average molecular weight is 219 g/mol. The highest BCUT2D eigenvalue weighted by Gasteiger charge is 2.07. The molecule has 0 saturated heterocycles. The summed E-state index contributed by atoms with van der Waals surface area (Å²) in [7, 11) is 0. The number of aromatic nitrogens is 2. The van der Waals surface area contributed by atoms with Gasteiger partial charge in [0.2, 0.25) is 0 Å². The minimum Gasteiger partial charge on any atom is -0.465 e. The maximum Gasteiger partial charge on any atom is 0.325 e. The largest absolute Gasteiger partial charge is 0.465 e. The van der Waals surface area contributed by atoms with Crippen molar-refractivity contribution in [3.8, 4) is 0 Å². The minimum atomic E-state index is -0.216. The van der Waals surface area contributed by atoms with Crippen LogP contribution < -0.4 is 0 Å². The molecule has 0 N–H and O–H groups in total. The van der Waals surface area contributed by atoms with E-state index in [1.807, 2.05) is 18.4 Å². The average Bonchev–Trinajstić information content (AvgIpc) is 2.36. The molecule has 0 aromatic carbocycles. The number of hydrogen-bond acceptors (Lipinski definition) is 3. The molecule has 4 nitrogen and oxygen atoms in total. The van der Waals surface area contributed by atoms with E-state index in [0.29, 0.717) is 6.61 Å². The van der Waals surface area contributed by atoms with Gasteiger partial charge in [0, 0.05) is 11.9 Å². The number of rotatable bonds is 3. The molecule has 1 rings (SSSR count). The van der Waals surface area contributed by atoms with Crippen molar-refractivity contribution in [1.82, 2.24) is 9.55 Å². The third-order valence-corrected chi connectivity index (χ3v) is 1.85. The van der Waals surface area contributed by atoms with E-state index in [9.17, 15) is 4.79 Å². The maximum absolute atomic E-state index is 11.1. The van der Waals surface area contributed by atoms with Crippen molar-refractivity contribution < 1.29 is 9.53 Å².